The average molecular weight is 915 g/mol. The van der Waals surface area contributed by atoms with Crippen LogP contribution in [0.15, 0.2) is 215 Å². The van der Waals surface area contributed by atoms with E-state index in [2.05, 4.69) is 236 Å². The number of rotatable bonds is 2. The van der Waals surface area contributed by atoms with Crippen LogP contribution in [0.1, 0.15) is 127 Å². The van der Waals surface area contributed by atoms with E-state index in [0.717, 1.165) is 59.3 Å². The van der Waals surface area contributed by atoms with E-state index in [4.69, 9.17) is 4.74 Å². The molecule has 6 rings (SSSR count). The second kappa shape index (κ2) is 28.3. The van der Waals surface area contributed by atoms with Gasteiger partial charge in [0.25, 0.3) is 0 Å². The molecule has 70 heavy (non-hydrogen) atoms. The number of fused-ring (bicyclic) bond motifs is 6. The summed E-state index contributed by atoms with van der Waals surface area (Å²) in [6.45, 7) is 33.6. The maximum Gasteiger partial charge on any atom is 0.306 e. The van der Waals surface area contributed by atoms with Gasteiger partial charge in [-0.2, -0.15) is 0 Å². The number of allylic oxidation sites excluding steroid dienone is 4. The van der Waals surface area contributed by atoms with Crippen LogP contribution >= 0.6 is 0 Å². The van der Waals surface area contributed by atoms with Crippen LogP contribution in [0.2, 0.25) is 0 Å². The van der Waals surface area contributed by atoms with Crippen molar-refractivity contribution >= 4 is 11.8 Å². The van der Waals surface area contributed by atoms with Crippen LogP contribution in [-0.2, 0) is 14.3 Å². The van der Waals surface area contributed by atoms with E-state index in [9.17, 15) is 9.59 Å². The zero-order chi connectivity index (χ0) is 51.6. The van der Waals surface area contributed by atoms with Crippen LogP contribution in [0, 0.1) is 46.3 Å². The molecule has 1 heterocycles. The third-order valence-electron chi connectivity index (χ3n) is 13.9. The largest absolute Gasteiger partial charge is 0.458 e. The maximum atomic E-state index is 12.9. The molecule has 8 atom stereocenters. The lowest BCUT2D eigenvalue weighted by Crippen LogP contribution is -2.55. The van der Waals surface area contributed by atoms with Gasteiger partial charge in [-0.15, -0.1) is 0 Å². The highest BCUT2D eigenvalue weighted by Crippen LogP contribution is 2.72. The number of esters is 1. The monoisotopic (exact) mass is 914 g/mol. The van der Waals surface area contributed by atoms with Crippen LogP contribution in [0.4, 0.5) is 0 Å². The van der Waals surface area contributed by atoms with Gasteiger partial charge >= 0.3 is 5.97 Å². The Bertz CT molecular complexity index is 3290. The minimum absolute atomic E-state index is 0.0699. The second-order valence-electron chi connectivity index (χ2n) is 18.7. The Kier molecular flexibility index (Phi) is 22.7. The SMILES string of the molecule is C=C=C=C=C=C=C(C)CC.C=C=C=C=C=C=C=C=C=C=C=C=C=C=C1C[C@@]2(CCC(=O)O2)C2(C)CC[C@H]3C(C(=C=C=C=C=C=C)C(=C=C=C=C=C)C4=CC(=O)CC[C@]43C)[C@H]12.CC1CC1C.CCC(C)C. The van der Waals surface area contributed by atoms with E-state index >= 15 is 0 Å². The summed E-state index contributed by atoms with van der Waals surface area (Å²) in [5, 5.41) is 0. The molecule has 5 aliphatic carbocycles. The predicted octanol–water partition coefficient (Wildman–Crippen LogP) is 15.0. The van der Waals surface area contributed by atoms with Gasteiger partial charge in [-0.3, -0.25) is 9.59 Å². The van der Waals surface area contributed by atoms with Crippen LogP contribution in [-0.4, -0.2) is 17.4 Å². The Morgan fingerprint density at radius 3 is 1.67 bits per heavy atom. The van der Waals surface area contributed by atoms with Gasteiger partial charge in [-0.05, 0) is 233 Å². The third kappa shape index (κ3) is 15.5. The van der Waals surface area contributed by atoms with Gasteiger partial charge in [0.2, 0.25) is 0 Å². The molecule has 0 N–H and O–H groups in total. The fourth-order valence-corrected chi connectivity index (χ4v) is 9.32. The highest BCUT2D eigenvalue weighted by molar-refractivity contribution is 5.93. The topological polar surface area (TPSA) is 43.4 Å². The number of ketones is 1. The molecule has 3 heteroatoms. The highest BCUT2D eigenvalue weighted by atomic mass is 16.6. The Morgan fingerprint density at radius 1 is 0.686 bits per heavy atom. The maximum absolute atomic E-state index is 12.9. The minimum Gasteiger partial charge on any atom is -0.458 e. The fourth-order valence-electron chi connectivity index (χ4n) is 9.32. The Hall–Kier alpha value is -8.10. The van der Waals surface area contributed by atoms with Crippen molar-refractivity contribution < 1.29 is 14.3 Å². The van der Waals surface area contributed by atoms with E-state index in [0.29, 0.717) is 37.7 Å². The van der Waals surface area contributed by atoms with E-state index in [1.807, 2.05) is 6.92 Å². The Labute approximate surface area is 417 Å². The molecule has 0 radical (unpaired) electrons. The molecular weight excluding hydrogens is 853 g/mol. The van der Waals surface area contributed by atoms with Crippen LogP contribution < -0.4 is 0 Å². The summed E-state index contributed by atoms with van der Waals surface area (Å²) >= 11 is 0. The quantitative estimate of drug-likeness (QED) is 0.205. The summed E-state index contributed by atoms with van der Waals surface area (Å²) in [7, 11) is 0. The van der Waals surface area contributed by atoms with Crippen molar-refractivity contribution in [2.45, 2.75) is 132 Å². The van der Waals surface area contributed by atoms with Crippen LogP contribution in [0.5, 0.6) is 0 Å². The molecule has 0 bridgehead atoms. The Morgan fingerprint density at radius 2 is 1.17 bits per heavy atom. The zero-order valence-electron chi connectivity index (χ0n) is 42.7. The molecule has 4 saturated carbocycles. The standard InChI is InChI=1S/C47H30O3.C10H10.C5H10.C5H12/c1-6-9-12-14-15-16-17-18-19-20-21-23-25-36-35-47(33-30-42(49)50-47)46(5)32-29-40-43(44(36)46)39(27-24-13-10-7-2)38(26-22-11-8-3)41-34-37(48)28-31-45(40,41)4;1-4-6-7-8-9-10(3)5-2;1-4-3-5(4)2;1-4-5(2)3/h34,40,43-44H,1-3,28-33,35H2,4-5H3;1,5H2,2-3H3;4-5H,3H2,1-2H3;5H,4H2,1-3H3/t40-,43?,44-,45-,46?,47-;;;/m0.../s1. The van der Waals surface area contributed by atoms with Gasteiger partial charge in [-0.25, -0.2) is 0 Å². The predicted molar refractivity (Wildman–Crippen MR) is 276 cm³/mol. The van der Waals surface area contributed by atoms with Gasteiger partial charge in [0.1, 0.15) is 5.60 Å². The van der Waals surface area contributed by atoms with E-state index in [1.165, 1.54) is 12.8 Å². The van der Waals surface area contributed by atoms with Gasteiger partial charge in [0.05, 0.1) is 0 Å². The van der Waals surface area contributed by atoms with Gasteiger partial charge in [0.15, 0.2) is 5.78 Å². The first kappa shape index (κ1) is 56.2. The Balaban J connectivity index is 0.000000538. The first-order chi connectivity index (χ1) is 33.6. The van der Waals surface area contributed by atoms with Crippen molar-refractivity contribution in [3.63, 3.8) is 0 Å². The van der Waals surface area contributed by atoms with Crippen molar-refractivity contribution in [1.82, 2.24) is 0 Å². The number of hydrogen-bond acceptors (Lipinski definition) is 3. The molecule has 348 valence electrons. The molecule has 1 spiro atoms. The highest BCUT2D eigenvalue weighted by Gasteiger charge is 2.70. The first-order valence-corrected chi connectivity index (χ1v) is 23.9. The van der Waals surface area contributed by atoms with Crippen molar-refractivity contribution in [2.24, 2.45) is 46.3 Å². The van der Waals surface area contributed by atoms with Gasteiger partial charge in [0, 0.05) is 47.7 Å². The van der Waals surface area contributed by atoms with Crippen molar-refractivity contribution in [3.8, 4) is 0 Å². The normalized spacial score (nSPS) is 25.3. The van der Waals surface area contributed by atoms with Crippen LogP contribution in [0.3, 0.4) is 0 Å². The van der Waals surface area contributed by atoms with E-state index in [1.54, 1.807) is 6.08 Å². The molecule has 3 nitrogen and oxygen atoms in total. The van der Waals surface area contributed by atoms with E-state index < -0.39 is 11.0 Å². The van der Waals surface area contributed by atoms with E-state index in [-0.39, 0.29) is 34.9 Å². The van der Waals surface area contributed by atoms with Crippen LogP contribution in [0.25, 0.3) is 0 Å². The summed E-state index contributed by atoms with van der Waals surface area (Å²) < 4.78 is 6.28. The zero-order valence-corrected chi connectivity index (χ0v) is 42.7. The number of carbonyl (C=O) groups is 2. The number of carbonyl (C=O) groups excluding carboxylic acids is 2. The molecule has 0 aromatic heterocycles. The fraction of sp³-hybridized carbons (Fsp3) is 0.418. The van der Waals surface area contributed by atoms with Gasteiger partial charge < -0.3 is 4.74 Å². The van der Waals surface area contributed by atoms with Crippen molar-refractivity contribution in [1.29, 1.82) is 0 Å². The van der Waals surface area contributed by atoms with Crippen molar-refractivity contribution in [2.75, 3.05) is 0 Å². The summed E-state index contributed by atoms with van der Waals surface area (Å²) in [5.74, 6) is 2.72. The molecule has 1 aliphatic heterocycles. The summed E-state index contributed by atoms with van der Waals surface area (Å²) in [6, 6.07) is 0. The lowest BCUT2D eigenvalue weighted by molar-refractivity contribution is -0.165. The summed E-state index contributed by atoms with van der Waals surface area (Å²) in [6.07, 6.45) is 9.85. The number of hydrogen-bond donors (Lipinski definition) is 0. The van der Waals surface area contributed by atoms with Gasteiger partial charge in [-0.1, -0.05) is 108 Å². The molecule has 5 fully saturated rings. The first-order valence-electron chi connectivity index (χ1n) is 23.9. The third-order valence-corrected chi connectivity index (χ3v) is 13.9. The summed E-state index contributed by atoms with van der Waals surface area (Å²) in [4.78, 5) is 25.7. The molecule has 1 saturated heterocycles. The summed E-state index contributed by atoms with van der Waals surface area (Å²) in [5.41, 5.74) is 77.3. The smallest absolute Gasteiger partial charge is 0.306 e. The molecule has 0 aromatic carbocycles. The molecule has 0 aromatic rings. The molecule has 6 aliphatic rings. The second-order valence-corrected chi connectivity index (χ2v) is 18.7. The lowest BCUT2D eigenvalue weighted by Gasteiger charge is -2.59. The number of ether oxygens (including phenoxy) is 1. The molecule has 0 amide bonds. The van der Waals surface area contributed by atoms with Crippen molar-refractivity contribution in [3.05, 3.63) is 215 Å². The lowest BCUT2D eigenvalue weighted by atomic mass is 9.44. The molecular formula is C67H62O3. The average Bonchev–Trinajstić information content (AvgIpc) is 3.73. The molecule has 4 unspecified atom stereocenters. The minimum atomic E-state index is -0.692.